The van der Waals surface area contributed by atoms with E-state index in [0.717, 1.165) is 8.95 Å². The molecule has 2 unspecified atom stereocenters. The van der Waals surface area contributed by atoms with E-state index >= 15 is 0 Å². The molecule has 1 saturated heterocycles. The zero-order chi connectivity index (χ0) is 14.0. The van der Waals surface area contributed by atoms with Gasteiger partial charge in [-0.15, -0.1) is 11.6 Å². The summed E-state index contributed by atoms with van der Waals surface area (Å²) < 4.78 is 7.41. The Balaban J connectivity index is 2.18. The van der Waals surface area contributed by atoms with Crippen LogP contribution in [0.1, 0.15) is 17.3 Å². The average molecular weight is 412 g/mol. The quantitative estimate of drug-likeness (QED) is 0.695. The number of benzene rings is 1. The molecule has 104 valence electrons. The molecule has 0 aliphatic carbocycles. The predicted molar refractivity (Wildman–Crippen MR) is 82.8 cm³/mol. The Kier molecular flexibility index (Phi) is 5.29. The van der Waals surface area contributed by atoms with E-state index in [4.69, 9.17) is 16.3 Å². The number of ether oxygens (including phenoxy) is 1. The number of carbonyl (C=O) groups excluding carboxylic acids is 1. The van der Waals surface area contributed by atoms with Crippen molar-refractivity contribution in [3.05, 3.63) is 32.7 Å². The number of hydrogen-bond donors (Lipinski definition) is 0. The summed E-state index contributed by atoms with van der Waals surface area (Å²) >= 11 is 12.6. The van der Waals surface area contributed by atoms with Crippen molar-refractivity contribution in [2.45, 2.75) is 19.1 Å². The van der Waals surface area contributed by atoms with Crippen LogP contribution < -0.4 is 0 Å². The van der Waals surface area contributed by atoms with Crippen LogP contribution in [0.3, 0.4) is 0 Å². The van der Waals surface area contributed by atoms with Crippen LogP contribution in [-0.4, -0.2) is 42.0 Å². The zero-order valence-corrected chi connectivity index (χ0v) is 14.3. The lowest BCUT2D eigenvalue weighted by Gasteiger charge is -2.36. The summed E-state index contributed by atoms with van der Waals surface area (Å²) in [6.45, 7) is 3.09. The van der Waals surface area contributed by atoms with Crippen molar-refractivity contribution in [2.24, 2.45) is 0 Å². The highest BCUT2D eigenvalue weighted by Crippen LogP contribution is 2.22. The molecule has 1 heterocycles. The minimum atomic E-state index is -0.0926. The smallest absolute Gasteiger partial charge is 0.254 e. The Morgan fingerprint density at radius 2 is 2.00 bits per heavy atom. The summed E-state index contributed by atoms with van der Waals surface area (Å²) in [6, 6.07) is 5.55. The molecule has 1 aliphatic rings. The molecule has 0 N–H and O–H groups in total. The van der Waals surface area contributed by atoms with Crippen LogP contribution in [0.15, 0.2) is 27.1 Å². The van der Waals surface area contributed by atoms with Crippen molar-refractivity contribution in [2.75, 3.05) is 19.0 Å². The monoisotopic (exact) mass is 409 g/mol. The number of amides is 1. The number of rotatable bonds is 2. The SMILES string of the molecule is CC1CN(C(=O)c2cc(Br)cc(Br)c2)CC(CCl)O1. The van der Waals surface area contributed by atoms with Gasteiger partial charge in [-0.1, -0.05) is 31.9 Å². The molecule has 1 aromatic carbocycles. The first kappa shape index (κ1) is 15.3. The van der Waals surface area contributed by atoms with Crippen LogP contribution in [0.2, 0.25) is 0 Å². The third-order valence-electron chi connectivity index (χ3n) is 2.90. The maximum Gasteiger partial charge on any atom is 0.254 e. The molecule has 2 atom stereocenters. The van der Waals surface area contributed by atoms with Gasteiger partial charge in [0.15, 0.2) is 0 Å². The highest BCUT2D eigenvalue weighted by molar-refractivity contribution is 9.11. The summed E-state index contributed by atoms with van der Waals surface area (Å²) in [6.07, 6.45) is -0.0815. The third kappa shape index (κ3) is 3.94. The molecule has 6 heteroatoms. The first-order valence-electron chi connectivity index (χ1n) is 5.96. The standard InChI is InChI=1S/C13H14Br2ClNO2/c1-8-6-17(7-12(5-16)19-8)13(18)9-2-10(14)4-11(15)3-9/h2-4,8,12H,5-7H2,1H3. The number of morpholine rings is 1. The van der Waals surface area contributed by atoms with Crippen molar-refractivity contribution >= 4 is 49.4 Å². The van der Waals surface area contributed by atoms with Crippen LogP contribution in [0.5, 0.6) is 0 Å². The lowest BCUT2D eigenvalue weighted by atomic mass is 10.1. The first-order valence-corrected chi connectivity index (χ1v) is 8.08. The van der Waals surface area contributed by atoms with E-state index in [-0.39, 0.29) is 18.1 Å². The normalized spacial score (nSPS) is 23.5. The second-order valence-electron chi connectivity index (χ2n) is 4.59. The van der Waals surface area contributed by atoms with Crippen LogP contribution >= 0.6 is 43.5 Å². The van der Waals surface area contributed by atoms with Crippen LogP contribution in [0.25, 0.3) is 0 Å². The van der Waals surface area contributed by atoms with E-state index in [1.807, 2.05) is 25.1 Å². The van der Waals surface area contributed by atoms with Gasteiger partial charge in [0.1, 0.15) is 0 Å². The van der Waals surface area contributed by atoms with E-state index in [1.165, 1.54) is 0 Å². The first-order chi connectivity index (χ1) is 8.99. The molecular weight excluding hydrogens is 397 g/mol. The van der Waals surface area contributed by atoms with Gasteiger partial charge in [0.25, 0.3) is 5.91 Å². The molecule has 19 heavy (non-hydrogen) atoms. The summed E-state index contributed by atoms with van der Waals surface area (Å²) in [5.74, 6) is 0.406. The molecule has 0 bridgehead atoms. The molecular formula is C13H14Br2ClNO2. The van der Waals surface area contributed by atoms with E-state index in [1.54, 1.807) is 4.90 Å². The van der Waals surface area contributed by atoms with Gasteiger partial charge in [0.05, 0.1) is 18.1 Å². The molecule has 0 aromatic heterocycles. The van der Waals surface area contributed by atoms with Gasteiger partial charge in [-0.25, -0.2) is 0 Å². The maximum atomic E-state index is 12.5. The van der Waals surface area contributed by atoms with Crippen molar-refractivity contribution in [3.8, 4) is 0 Å². The van der Waals surface area contributed by atoms with Crippen LogP contribution in [0.4, 0.5) is 0 Å². The van der Waals surface area contributed by atoms with E-state index < -0.39 is 0 Å². The molecule has 0 radical (unpaired) electrons. The van der Waals surface area contributed by atoms with E-state index in [2.05, 4.69) is 31.9 Å². The average Bonchev–Trinajstić information content (AvgIpc) is 2.35. The lowest BCUT2D eigenvalue weighted by Crippen LogP contribution is -2.49. The maximum absolute atomic E-state index is 12.5. The number of alkyl halides is 1. The highest BCUT2D eigenvalue weighted by atomic mass is 79.9. The van der Waals surface area contributed by atoms with Gasteiger partial charge >= 0.3 is 0 Å². The molecule has 2 rings (SSSR count). The molecule has 1 amide bonds. The molecule has 1 aromatic rings. The second kappa shape index (κ2) is 6.57. The fourth-order valence-corrected chi connectivity index (χ4v) is 3.62. The summed E-state index contributed by atoms with van der Waals surface area (Å²) in [5.41, 5.74) is 0.656. The van der Waals surface area contributed by atoms with Crippen molar-refractivity contribution in [1.29, 1.82) is 0 Å². The lowest BCUT2D eigenvalue weighted by molar-refractivity contribution is -0.0570. The van der Waals surface area contributed by atoms with Crippen molar-refractivity contribution in [3.63, 3.8) is 0 Å². The fourth-order valence-electron chi connectivity index (χ4n) is 2.16. The van der Waals surface area contributed by atoms with Gasteiger partial charge in [-0.05, 0) is 25.1 Å². The Morgan fingerprint density at radius 1 is 1.37 bits per heavy atom. The molecule has 1 aliphatic heterocycles. The van der Waals surface area contributed by atoms with Gasteiger partial charge in [-0.3, -0.25) is 4.79 Å². The van der Waals surface area contributed by atoms with E-state index in [0.29, 0.717) is 24.5 Å². The number of halogens is 3. The minimum Gasteiger partial charge on any atom is -0.370 e. The summed E-state index contributed by atoms with van der Waals surface area (Å²) in [4.78, 5) is 14.3. The van der Waals surface area contributed by atoms with Crippen LogP contribution in [-0.2, 0) is 4.74 Å². The van der Waals surface area contributed by atoms with Gasteiger partial charge in [-0.2, -0.15) is 0 Å². The zero-order valence-electron chi connectivity index (χ0n) is 10.4. The van der Waals surface area contributed by atoms with Gasteiger partial charge in [0.2, 0.25) is 0 Å². The summed E-state index contributed by atoms with van der Waals surface area (Å²) in [7, 11) is 0. The Bertz CT molecular complexity index is 463. The molecule has 1 fully saturated rings. The highest BCUT2D eigenvalue weighted by Gasteiger charge is 2.28. The Hall–Kier alpha value is -0.100. The Labute approximate surface area is 134 Å². The van der Waals surface area contributed by atoms with E-state index in [9.17, 15) is 4.79 Å². The third-order valence-corrected chi connectivity index (χ3v) is 4.15. The van der Waals surface area contributed by atoms with Crippen molar-refractivity contribution < 1.29 is 9.53 Å². The topological polar surface area (TPSA) is 29.5 Å². The minimum absolute atomic E-state index is 0.00673. The van der Waals surface area contributed by atoms with Crippen molar-refractivity contribution in [1.82, 2.24) is 4.90 Å². The van der Waals surface area contributed by atoms with Gasteiger partial charge in [0, 0.05) is 27.6 Å². The largest absolute Gasteiger partial charge is 0.370 e. The second-order valence-corrected chi connectivity index (χ2v) is 6.73. The number of hydrogen-bond acceptors (Lipinski definition) is 2. The number of nitrogens with zero attached hydrogens (tertiary/aromatic N) is 1. The predicted octanol–water partition coefficient (Wildman–Crippen LogP) is 3.68. The van der Waals surface area contributed by atoms with Crippen LogP contribution in [0, 0.1) is 0 Å². The fraction of sp³-hybridized carbons (Fsp3) is 0.462. The Morgan fingerprint density at radius 3 is 2.58 bits per heavy atom. The number of carbonyl (C=O) groups is 1. The molecule has 3 nitrogen and oxygen atoms in total. The molecule has 0 saturated carbocycles. The molecule has 0 spiro atoms. The summed E-state index contributed by atoms with van der Waals surface area (Å²) in [5, 5.41) is 0. The van der Waals surface area contributed by atoms with Gasteiger partial charge < -0.3 is 9.64 Å².